The van der Waals surface area contributed by atoms with Crippen LogP contribution in [0.15, 0.2) is 76.6 Å². The number of hydrogen-bond acceptors (Lipinski definition) is 7. The summed E-state index contributed by atoms with van der Waals surface area (Å²) in [6.45, 7) is 2.02. The molecule has 36 heavy (non-hydrogen) atoms. The second-order valence-corrected chi connectivity index (χ2v) is 10.3. The number of esters is 1. The number of hydrogen-bond donors (Lipinski definition) is 1. The second kappa shape index (κ2) is 10.3. The normalized spacial score (nSPS) is 11.9. The van der Waals surface area contributed by atoms with Gasteiger partial charge in [-0.05, 0) is 67.6 Å². The van der Waals surface area contributed by atoms with Gasteiger partial charge in [-0.15, -0.1) is 0 Å². The van der Waals surface area contributed by atoms with E-state index in [2.05, 4.69) is 9.71 Å². The van der Waals surface area contributed by atoms with Crippen molar-refractivity contribution in [3.8, 4) is 5.75 Å². The smallest absolute Gasteiger partial charge is 0.338 e. The van der Waals surface area contributed by atoms with E-state index in [-0.39, 0.29) is 22.8 Å². The molecule has 11 heteroatoms. The molecule has 1 amide bonds. The van der Waals surface area contributed by atoms with Crippen molar-refractivity contribution < 1.29 is 27.5 Å². The van der Waals surface area contributed by atoms with E-state index in [1.165, 1.54) is 36.6 Å². The number of thiazole rings is 1. The number of rotatable bonds is 7. The molecular formula is C25H23N3O6S2. The Hall–Kier alpha value is -3.96. The molecule has 9 nitrogen and oxygen atoms in total. The maximum atomic E-state index is 12.9. The first-order chi connectivity index (χ1) is 17.2. The SMILES string of the molecule is CCOC(=O)c1ccc2c(c1)sc(=NC(=O)c1cccc(NS(=O)(=O)c3ccc(OC)cc3)c1)n2C. The molecule has 1 N–H and O–H groups in total. The molecule has 0 atom stereocenters. The molecule has 0 spiro atoms. The molecule has 4 rings (SSSR count). The summed E-state index contributed by atoms with van der Waals surface area (Å²) in [4.78, 5) is 29.7. The fraction of sp³-hybridized carbons (Fsp3) is 0.160. The first kappa shape index (κ1) is 25.1. The second-order valence-electron chi connectivity index (χ2n) is 7.63. The van der Waals surface area contributed by atoms with Gasteiger partial charge in [-0.1, -0.05) is 17.4 Å². The van der Waals surface area contributed by atoms with Gasteiger partial charge < -0.3 is 14.0 Å². The Balaban J connectivity index is 1.60. The quantitative estimate of drug-likeness (QED) is 0.365. The molecule has 0 aliphatic carbocycles. The number of carbonyl (C=O) groups excluding carboxylic acids is 2. The lowest BCUT2D eigenvalue weighted by molar-refractivity contribution is 0.0526. The number of fused-ring (bicyclic) bond motifs is 1. The van der Waals surface area contributed by atoms with Crippen LogP contribution in [-0.2, 0) is 21.8 Å². The molecule has 4 aromatic rings. The number of anilines is 1. The van der Waals surface area contributed by atoms with Crippen LogP contribution in [0.4, 0.5) is 5.69 Å². The van der Waals surface area contributed by atoms with Gasteiger partial charge in [0.15, 0.2) is 4.80 Å². The molecule has 0 saturated carbocycles. The average molecular weight is 526 g/mol. The van der Waals surface area contributed by atoms with Crippen molar-refractivity contribution in [1.82, 2.24) is 4.57 Å². The first-order valence-corrected chi connectivity index (χ1v) is 13.1. The summed E-state index contributed by atoms with van der Waals surface area (Å²) in [5, 5.41) is 0. The van der Waals surface area contributed by atoms with Crippen molar-refractivity contribution >= 4 is 49.1 Å². The van der Waals surface area contributed by atoms with E-state index in [9.17, 15) is 18.0 Å². The van der Waals surface area contributed by atoms with Gasteiger partial charge in [-0.2, -0.15) is 4.99 Å². The summed E-state index contributed by atoms with van der Waals surface area (Å²) >= 11 is 1.26. The van der Waals surface area contributed by atoms with E-state index in [0.717, 1.165) is 10.2 Å². The van der Waals surface area contributed by atoms with Crippen molar-refractivity contribution in [3.63, 3.8) is 0 Å². The minimum absolute atomic E-state index is 0.0594. The van der Waals surface area contributed by atoms with Crippen molar-refractivity contribution in [2.75, 3.05) is 18.4 Å². The maximum Gasteiger partial charge on any atom is 0.338 e. The summed E-state index contributed by atoms with van der Waals surface area (Å²) < 4.78 is 40.6. The summed E-state index contributed by atoms with van der Waals surface area (Å²) in [6, 6.07) is 17.2. The lowest BCUT2D eigenvalue weighted by Gasteiger charge is -2.09. The monoisotopic (exact) mass is 525 g/mol. The summed E-state index contributed by atoms with van der Waals surface area (Å²) in [6.07, 6.45) is 0. The number of ether oxygens (including phenoxy) is 2. The highest BCUT2D eigenvalue weighted by Crippen LogP contribution is 2.21. The van der Waals surface area contributed by atoms with Crippen LogP contribution in [0.25, 0.3) is 10.2 Å². The van der Waals surface area contributed by atoms with E-state index in [0.29, 0.717) is 16.1 Å². The van der Waals surface area contributed by atoms with Crippen LogP contribution in [0.3, 0.4) is 0 Å². The molecule has 0 fully saturated rings. The number of benzene rings is 3. The van der Waals surface area contributed by atoms with E-state index in [4.69, 9.17) is 9.47 Å². The minimum atomic E-state index is -3.87. The number of nitrogens with one attached hydrogen (secondary N) is 1. The highest BCUT2D eigenvalue weighted by atomic mass is 32.2. The zero-order chi connectivity index (χ0) is 25.9. The van der Waals surface area contributed by atoms with Crippen LogP contribution in [-0.4, -0.2) is 38.6 Å². The van der Waals surface area contributed by atoms with Gasteiger partial charge in [0.05, 0.1) is 34.4 Å². The third-order valence-electron chi connectivity index (χ3n) is 5.25. The highest BCUT2D eigenvalue weighted by Gasteiger charge is 2.16. The first-order valence-electron chi connectivity index (χ1n) is 10.8. The molecule has 186 valence electrons. The zero-order valence-electron chi connectivity index (χ0n) is 19.7. The summed E-state index contributed by atoms with van der Waals surface area (Å²) in [5.74, 6) is -0.415. The molecule has 0 bridgehead atoms. The lowest BCUT2D eigenvalue weighted by atomic mass is 10.2. The fourth-order valence-electron chi connectivity index (χ4n) is 3.42. The molecule has 1 aromatic heterocycles. The molecule has 1 heterocycles. The minimum Gasteiger partial charge on any atom is -0.497 e. The van der Waals surface area contributed by atoms with E-state index >= 15 is 0 Å². The lowest BCUT2D eigenvalue weighted by Crippen LogP contribution is -2.14. The van der Waals surface area contributed by atoms with E-state index < -0.39 is 21.9 Å². The average Bonchev–Trinajstić information content (AvgIpc) is 3.18. The molecular weight excluding hydrogens is 502 g/mol. The van der Waals surface area contributed by atoms with Crippen molar-refractivity contribution in [2.24, 2.45) is 12.0 Å². The molecule has 0 aliphatic rings. The zero-order valence-corrected chi connectivity index (χ0v) is 21.4. The van der Waals surface area contributed by atoms with Crippen LogP contribution >= 0.6 is 11.3 Å². The van der Waals surface area contributed by atoms with Gasteiger partial charge in [-0.25, -0.2) is 13.2 Å². The molecule has 0 saturated heterocycles. The number of methoxy groups -OCH3 is 1. The van der Waals surface area contributed by atoms with Gasteiger partial charge in [0.2, 0.25) is 0 Å². The Labute approximate surface area is 211 Å². The number of aryl methyl sites for hydroxylation is 1. The van der Waals surface area contributed by atoms with Gasteiger partial charge in [0.1, 0.15) is 5.75 Å². The van der Waals surface area contributed by atoms with E-state index in [1.54, 1.807) is 67.1 Å². The maximum absolute atomic E-state index is 12.9. The molecule has 0 aliphatic heterocycles. The number of sulfonamides is 1. The summed E-state index contributed by atoms with van der Waals surface area (Å²) in [5.41, 5.74) is 1.67. The standard InChI is InChI=1S/C25H23N3O6S2/c1-4-34-24(30)17-8-13-21-22(15-17)35-25(28(21)2)26-23(29)16-6-5-7-18(14-16)27-36(31,32)20-11-9-19(33-3)10-12-20/h5-15,27H,4H2,1-3H3. The number of carbonyl (C=O) groups is 2. The van der Waals surface area contributed by atoms with Gasteiger partial charge >= 0.3 is 5.97 Å². The largest absolute Gasteiger partial charge is 0.497 e. The van der Waals surface area contributed by atoms with Crippen molar-refractivity contribution in [2.45, 2.75) is 11.8 Å². The third kappa shape index (κ3) is 5.31. The van der Waals surface area contributed by atoms with Gasteiger partial charge in [0, 0.05) is 18.3 Å². The van der Waals surface area contributed by atoms with Gasteiger partial charge in [0.25, 0.3) is 15.9 Å². The van der Waals surface area contributed by atoms with Crippen molar-refractivity contribution in [1.29, 1.82) is 0 Å². The van der Waals surface area contributed by atoms with Crippen LogP contribution in [0.5, 0.6) is 5.75 Å². The Bertz CT molecular complexity index is 1620. The van der Waals surface area contributed by atoms with E-state index in [1.807, 2.05) is 0 Å². The summed E-state index contributed by atoms with van der Waals surface area (Å²) in [7, 11) is -0.599. The Kier molecular flexibility index (Phi) is 7.22. The van der Waals surface area contributed by atoms with Crippen LogP contribution in [0, 0.1) is 0 Å². The number of amides is 1. The molecule has 3 aromatic carbocycles. The highest BCUT2D eigenvalue weighted by molar-refractivity contribution is 7.92. The van der Waals surface area contributed by atoms with Crippen LogP contribution < -0.4 is 14.3 Å². The Morgan fingerprint density at radius 1 is 1.03 bits per heavy atom. The number of nitrogens with zero attached hydrogens (tertiary/aromatic N) is 2. The predicted molar refractivity (Wildman–Crippen MR) is 137 cm³/mol. The van der Waals surface area contributed by atoms with Crippen molar-refractivity contribution in [3.05, 3.63) is 82.7 Å². The Morgan fingerprint density at radius 2 is 1.78 bits per heavy atom. The Morgan fingerprint density at radius 3 is 2.47 bits per heavy atom. The molecule has 0 unspecified atom stereocenters. The fourth-order valence-corrected chi connectivity index (χ4v) is 5.52. The number of aromatic nitrogens is 1. The third-order valence-corrected chi connectivity index (χ3v) is 7.74. The van der Waals surface area contributed by atoms with Crippen LogP contribution in [0.1, 0.15) is 27.6 Å². The predicted octanol–water partition coefficient (Wildman–Crippen LogP) is 3.97. The molecule has 0 radical (unpaired) electrons. The van der Waals surface area contributed by atoms with Crippen LogP contribution in [0.2, 0.25) is 0 Å². The van der Waals surface area contributed by atoms with Gasteiger partial charge in [-0.3, -0.25) is 9.52 Å². The topological polar surface area (TPSA) is 116 Å².